The molecule has 0 spiro atoms. The topological polar surface area (TPSA) is 15.7 Å². The molecule has 1 atom stereocenters. The zero-order valence-corrected chi connectivity index (χ0v) is 16.0. The van der Waals surface area contributed by atoms with E-state index in [1.165, 1.54) is 19.3 Å². The smallest absolute Gasteiger partial charge is 0.381 e. The largest absolute Gasteiger partial charge is 0.405 e. The van der Waals surface area contributed by atoms with Crippen molar-refractivity contribution in [2.75, 3.05) is 33.3 Å². The van der Waals surface area contributed by atoms with Gasteiger partial charge in [-0.3, -0.25) is 4.90 Å². The molecule has 0 aromatic carbocycles. The molecule has 0 N–H and O–H groups in total. The predicted molar refractivity (Wildman–Crippen MR) is 94.7 cm³/mol. The van der Waals surface area contributed by atoms with Gasteiger partial charge in [0.15, 0.2) is 0 Å². The first-order valence-corrected chi connectivity index (χ1v) is 9.89. The van der Waals surface area contributed by atoms with Crippen LogP contribution in [0.2, 0.25) is 0 Å². The third-order valence-corrected chi connectivity index (χ3v) is 6.01. The highest BCUT2D eigenvalue weighted by molar-refractivity contribution is 4.88. The summed E-state index contributed by atoms with van der Waals surface area (Å²) in [6.07, 6.45) is 4.45. The fourth-order valence-corrected chi connectivity index (χ4v) is 4.39. The number of rotatable bonds is 7. The first-order valence-electron chi connectivity index (χ1n) is 9.89. The predicted octanol–water partition coefficient (Wildman–Crippen LogP) is 4.32. The highest BCUT2D eigenvalue weighted by Gasteiger charge is 2.46. The highest BCUT2D eigenvalue weighted by Crippen LogP contribution is 2.31. The van der Waals surface area contributed by atoms with Crippen LogP contribution in [0.1, 0.15) is 58.8 Å². The van der Waals surface area contributed by atoms with Gasteiger partial charge in [-0.05, 0) is 58.4 Å². The van der Waals surface area contributed by atoms with E-state index in [0.717, 1.165) is 44.7 Å². The van der Waals surface area contributed by atoms with Crippen LogP contribution in [-0.2, 0) is 4.74 Å². The maximum absolute atomic E-state index is 13.3. The van der Waals surface area contributed by atoms with Crippen molar-refractivity contribution in [2.24, 2.45) is 5.92 Å². The Bertz CT molecular complexity index is 381. The second kappa shape index (κ2) is 9.56. The van der Waals surface area contributed by atoms with Crippen molar-refractivity contribution in [1.29, 1.82) is 0 Å². The molecule has 1 unspecified atom stereocenters. The number of ether oxygens (including phenoxy) is 1. The Morgan fingerprint density at radius 2 is 1.72 bits per heavy atom. The molecule has 1 saturated heterocycles. The Balaban J connectivity index is 1.68. The molecular formula is C19H35F3N2O. The molecule has 6 heteroatoms. The van der Waals surface area contributed by atoms with Crippen molar-refractivity contribution in [3.63, 3.8) is 0 Å². The number of hydrogen-bond donors (Lipinski definition) is 0. The summed E-state index contributed by atoms with van der Waals surface area (Å²) in [7, 11) is 1.79. The van der Waals surface area contributed by atoms with Crippen LogP contribution in [0.3, 0.4) is 0 Å². The number of nitrogens with zero attached hydrogens (tertiary/aromatic N) is 2. The fourth-order valence-electron chi connectivity index (χ4n) is 4.39. The molecule has 0 bridgehead atoms. The van der Waals surface area contributed by atoms with E-state index in [1.807, 2.05) is 18.7 Å². The lowest BCUT2D eigenvalue weighted by Gasteiger charge is -2.44. The standard InChI is InChI=1S/C19H35F3N2O/c1-15(2)24-13-12-23(14-18(24)19(20,21)22)11-5-4-6-16-7-9-17(25-3)10-8-16/h15-18H,4-14H2,1-3H3. The Labute approximate surface area is 150 Å². The van der Waals surface area contributed by atoms with Gasteiger partial charge >= 0.3 is 6.18 Å². The summed E-state index contributed by atoms with van der Waals surface area (Å²) in [5.41, 5.74) is 0. The van der Waals surface area contributed by atoms with Crippen molar-refractivity contribution in [3.8, 4) is 0 Å². The number of hydrogen-bond acceptors (Lipinski definition) is 3. The molecule has 1 aliphatic heterocycles. The van der Waals surface area contributed by atoms with Gasteiger partial charge in [0.25, 0.3) is 0 Å². The van der Waals surface area contributed by atoms with Gasteiger partial charge in [0.2, 0.25) is 0 Å². The summed E-state index contributed by atoms with van der Waals surface area (Å²) in [6, 6.07) is -1.37. The van der Waals surface area contributed by atoms with E-state index in [1.54, 1.807) is 12.0 Å². The first kappa shape index (κ1) is 21.0. The number of piperazine rings is 1. The lowest BCUT2D eigenvalue weighted by Crippen LogP contribution is -2.60. The van der Waals surface area contributed by atoms with E-state index in [9.17, 15) is 13.2 Å². The Morgan fingerprint density at radius 1 is 1.04 bits per heavy atom. The minimum atomic E-state index is -4.14. The minimum absolute atomic E-state index is 0.0593. The van der Waals surface area contributed by atoms with Crippen LogP contribution < -0.4 is 0 Å². The summed E-state index contributed by atoms with van der Waals surface area (Å²) >= 11 is 0. The molecule has 0 radical (unpaired) electrons. The van der Waals surface area contributed by atoms with Crippen LogP contribution in [0.15, 0.2) is 0 Å². The summed E-state index contributed by atoms with van der Waals surface area (Å²) in [6.45, 7) is 5.90. The van der Waals surface area contributed by atoms with Gasteiger partial charge in [0, 0.05) is 32.8 Å². The van der Waals surface area contributed by atoms with Crippen LogP contribution in [0, 0.1) is 5.92 Å². The lowest BCUT2D eigenvalue weighted by atomic mass is 9.84. The average molecular weight is 364 g/mol. The van der Waals surface area contributed by atoms with Crippen LogP contribution in [0.4, 0.5) is 13.2 Å². The molecule has 0 aromatic heterocycles. The summed E-state index contributed by atoms with van der Waals surface area (Å²) < 4.78 is 45.4. The van der Waals surface area contributed by atoms with E-state index < -0.39 is 12.2 Å². The quantitative estimate of drug-likeness (QED) is 0.626. The molecule has 0 aromatic rings. The normalized spacial score (nSPS) is 30.1. The Morgan fingerprint density at radius 3 is 2.28 bits per heavy atom. The number of methoxy groups -OCH3 is 1. The molecule has 2 rings (SSSR count). The van der Waals surface area contributed by atoms with E-state index in [0.29, 0.717) is 12.6 Å². The van der Waals surface area contributed by atoms with Gasteiger partial charge in [0.05, 0.1) is 6.10 Å². The molecule has 148 valence electrons. The van der Waals surface area contributed by atoms with Gasteiger partial charge in [-0.15, -0.1) is 0 Å². The number of halogens is 3. The van der Waals surface area contributed by atoms with Gasteiger partial charge in [0.1, 0.15) is 6.04 Å². The van der Waals surface area contributed by atoms with Crippen molar-refractivity contribution in [1.82, 2.24) is 9.80 Å². The second-order valence-corrected chi connectivity index (χ2v) is 8.06. The molecule has 1 aliphatic carbocycles. The monoisotopic (exact) mass is 364 g/mol. The molecule has 1 saturated carbocycles. The van der Waals surface area contributed by atoms with Gasteiger partial charge in [-0.1, -0.05) is 12.8 Å². The zero-order valence-electron chi connectivity index (χ0n) is 16.0. The molecule has 25 heavy (non-hydrogen) atoms. The molecule has 1 heterocycles. The van der Waals surface area contributed by atoms with Crippen LogP contribution in [0.25, 0.3) is 0 Å². The SMILES string of the molecule is COC1CCC(CCCCN2CCN(C(C)C)C(C(F)(F)F)C2)CC1. The summed E-state index contributed by atoms with van der Waals surface area (Å²) in [5.74, 6) is 0.784. The summed E-state index contributed by atoms with van der Waals surface area (Å²) in [5, 5.41) is 0. The van der Waals surface area contributed by atoms with Crippen molar-refractivity contribution >= 4 is 0 Å². The highest BCUT2D eigenvalue weighted by atomic mass is 19.4. The van der Waals surface area contributed by atoms with E-state index in [4.69, 9.17) is 4.74 Å². The Hall–Kier alpha value is -0.330. The van der Waals surface area contributed by atoms with Gasteiger partial charge in [-0.25, -0.2) is 0 Å². The van der Waals surface area contributed by atoms with Gasteiger partial charge < -0.3 is 9.64 Å². The minimum Gasteiger partial charge on any atom is -0.381 e. The first-order chi connectivity index (χ1) is 11.8. The van der Waals surface area contributed by atoms with Crippen LogP contribution >= 0.6 is 0 Å². The van der Waals surface area contributed by atoms with E-state index in [2.05, 4.69) is 0 Å². The number of unbranched alkanes of at least 4 members (excludes halogenated alkanes) is 1. The molecule has 3 nitrogen and oxygen atoms in total. The molecular weight excluding hydrogens is 329 g/mol. The molecule has 2 aliphatic rings. The van der Waals surface area contributed by atoms with E-state index >= 15 is 0 Å². The summed E-state index contributed by atoms with van der Waals surface area (Å²) in [4.78, 5) is 3.61. The van der Waals surface area contributed by atoms with Crippen LogP contribution in [0.5, 0.6) is 0 Å². The lowest BCUT2D eigenvalue weighted by molar-refractivity contribution is -0.202. The fraction of sp³-hybridized carbons (Fsp3) is 1.00. The third kappa shape index (κ3) is 6.40. The molecule has 0 amide bonds. The third-order valence-electron chi connectivity index (χ3n) is 6.01. The van der Waals surface area contributed by atoms with Crippen LogP contribution in [-0.4, -0.2) is 67.5 Å². The van der Waals surface area contributed by atoms with Crippen molar-refractivity contribution in [2.45, 2.75) is 83.2 Å². The Kier molecular flexibility index (Phi) is 8.02. The zero-order chi connectivity index (χ0) is 18.4. The number of alkyl halides is 3. The van der Waals surface area contributed by atoms with Crippen molar-refractivity contribution < 1.29 is 17.9 Å². The molecule has 2 fully saturated rings. The second-order valence-electron chi connectivity index (χ2n) is 8.06. The van der Waals surface area contributed by atoms with E-state index in [-0.39, 0.29) is 12.6 Å². The average Bonchev–Trinajstić information content (AvgIpc) is 2.58. The maximum Gasteiger partial charge on any atom is 0.405 e. The van der Waals surface area contributed by atoms with Crippen molar-refractivity contribution in [3.05, 3.63) is 0 Å². The van der Waals surface area contributed by atoms with Gasteiger partial charge in [-0.2, -0.15) is 13.2 Å². The maximum atomic E-state index is 13.3.